The standard InChI is InChI=1S/C17H19BrN2O3S2/c1-12-9-14(5-6-15(12)18)19-25(22,23)16-10-13(11-24-16)17(21)20-7-3-2-4-8-20/h5-6,9-11,19H,2-4,7-8H2,1H3. The Kier molecular flexibility index (Phi) is 5.50. The molecule has 0 saturated carbocycles. The van der Waals surface area contributed by atoms with Crippen molar-refractivity contribution in [3.8, 4) is 0 Å². The highest BCUT2D eigenvalue weighted by atomic mass is 79.9. The van der Waals surface area contributed by atoms with Gasteiger partial charge in [0.15, 0.2) is 0 Å². The fourth-order valence-electron chi connectivity index (χ4n) is 2.76. The maximum Gasteiger partial charge on any atom is 0.271 e. The van der Waals surface area contributed by atoms with E-state index in [4.69, 9.17) is 0 Å². The number of carbonyl (C=O) groups is 1. The second-order valence-electron chi connectivity index (χ2n) is 6.08. The minimum Gasteiger partial charge on any atom is -0.339 e. The molecule has 0 radical (unpaired) electrons. The van der Waals surface area contributed by atoms with Crippen molar-refractivity contribution >= 4 is 48.9 Å². The molecule has 1 aromatic heterocycles. The summed E-state index contributed by atoms with van der Waals surface area (Å²) in [7, 11) is -3.70. The highest BCUT2D eigenvalue weighted by molar-refractivity contribution is 9.10. The van der Waals surface area contributed by atoms with E-state index in [0.717, 1.165) is 53.7 Å². The molecule has 8 heteroatoms. The number of nitrogens with zero attached hydrogens (tertiary/aromatic N) is 1. The van der Waals surface area contributed by atoms with Crippen LogP contribution in [0.3, 0.4) is 0 Å². The molecule has 5 nitrogen and oxygen atoms in total. The van der Waals surface area contributed by atoms with Crippen LogP contribution in [-0.4, -0.2) is 32.3 Å². The van der Waals surface area contributed by atoms with Crippen LogP contribution in [0, 0.1) is 6.92 Å². The molecule has 1 amide bonds. The summed E-state index contributed by atoms with van der Waals surface area (Å²) in [5.41, 5.74) is 1.88. The van der Waals surface area contributed by atoms with Crippen molar-refractivity contribution in [2.75, 3.05) is 17.8 Å². The average Bonchev–Trinajstić information content (AvgIpc) is 3.09. The molecule has 25 heavy (non-hydrogen) atoms. The van der Waals surface area contributed by atoms with Crippen molar-refractivity contribution in [1.82, 2.24) is 4.90 Å². The van der Waals surface area contributed by atoms with E-state index in [-0.39, 0.29) is 10.1 Å². The molecule has 1 aliphatic heterocycles. The van der Waals surface area contributed by atoms with Crippen molar-refractivity contribution in [3.63, 3.8) is 0 Å². The second kappa shape index (κ2) is 7.47. The van der Waals surface area contributed by atoms with Gasteiger partial charge < -0.3 is 4.90 Å². The van der Waals surface area contributed by atoms with Crippen LogP contribution in [0.15, 0.2) is 38.3 Å². The summed E-state index contributed by atoms with van der Waals surface area (Å²) in [5.74, 6) is -0.0862. The van der Waals surface area contributed by atoms with Crippen LogP contribution in [0.1, 0.15) is 35.2 Å². The normalized spacial score (nSPS) is 15.2. The molecule has 0 spiro atoms. The lowest BCUT2D eigenvalue weighted by Crippen LogP contribution is -2.35. The van der Waals surface area contributed by atoms with E-state index in [1.165, 1.54) is 6.07 Å². The summed E-state index contributed by atoms with van der Waals surface area (Å²) in [6.07, 6.45) is 3.15. The van der Waals surface area contributed by atoms with E-state index in [1.54, 1.807) is 28.5 Å². The van der Waals surface area contributed by atoms with Gasteiger partial charge in [-0.05, 0) is 56.0 Å². The first-order valence-electron chi connectivity index (χ1n) is 8.03. The van der Waals surface area contributed by atoms with E-state index in [0.29, 0.717) is 11.3 Å². The fraction of sp³-hybridized carbons (Fsp3) is 0.353. The van der Waals surface area contributed by atoms with Gasteiger partial charge in [0.25, 0.3) is 15.9 Å². The lowest BCUT2D eigenvalue weighted by Gasteiger charge is -2.26. The number of benzene rings is 1. The predicted octanol–water partition coefficient (Wildman–Crippen LogP) is 4.25. The molecule has 1 fully saturated rings. The van der Waals surface area contributed by atoms with Gasteiger partial charge in [0.05, 0.1) is 5.56 Å². The maximum absolute atomic E-state index is 12.6. The third kappa shape index (κ3) is 4.24. The van der Waals surface area contributed by atoms with Gasteiger partial charge in [-0.3, -0.25) is 9.52 Å². The number of hydrogen-bond donors (Lipinski definition) is 1. The zero-order chi connectivity index (χ0) is 18.0. The van der Waals surface area contributed by atoms with E-state index in [2.05, 4.69) is 20.7 Å². The lowest BCUT2D eigenvalue weighted by atomic mass is 10.1. The third-order valence-electron chi connectivity index (χ3n) is 4.14. The first kappa shape index (κ1) is 18.4. The summed E-state index contributed by atoms with van der Waals surface area (Å²) in [4.78, 5) is 14.3. The average molecular weight is 443 g/mol. The van der Waals surface area contributed by atoms with E-state index in [1.807, 2.05) is 6.92 Å². The van der Waals surface area contributed by atoms with Gasteiger partial charge in [-0.15, -0.1) is 11.3 Å². The number of sulfonamides is 1. The van der Waals surface area contributed by atoms with Crippen LogP contribution in [-0.2, 0) is 10.0 Å². The highest BCUT2D eigenvalue weighted by Crippen LogP contribution is 2.26. The van der Waals surface area contributed by atoms with Crippen LogP contribution >= 0.6 is 27.3 Å². The quantitative estimate of drug-likeness (QED) is 0.769. The van der Waals surface area contributed by atoms with Crippen LogP contribution in [0.4, 0.5) is 5.69 Å². The summed E-state index contributed by atoms with van der Waals surface area (Å²) in [5, 5.41) is 1.62. The molecule has 0 aliphatic carbocycles. The molecule has 1 saturated heterocycles. The fourth-order valence-corrected chi connectivity index (χ4v) is 5.21. The van der Waals surface area contributed by atoms with Gasteiger partial charge in [0.2, 0.25) is 0 Å². The van der Waals surface area contributed by atoms with E-state index in [9.17, 15) is 13.2 Å². The molecule has 0 atom stereocenters. The Morgan fingerprint density at radius 1 is 1.20 bits per heavy atom. The number of hydrogen-bond acceptors (Lipinski definition) is 4. The number of anilines is 1. The van der Waals surface area contributed by atoms with Gasteiger partial charge in [0.1, 0.15) is 4.21 Å². The molecule has 1 aromatic carbocycles. The second-order valence-corrected chi connectivity index (χ2v) is 9.75. The van der Waals surface area contributed by atoms with Crippen LogP contribution in [0.5, 0.6) is 0 Å². The van der Waals surface area contributed by atoms with Crippen molar-refractivity contribution in [1.29, 1.82) is 0 Å². The molecule has 1 N–H and O–H groups in total. The third-order valence-corrected chi connectivity index (χ3v) is 7.85. The summed E-state index contributed by atoms with van der Waals surface area (Å²) < 4.78 is 28.8. The molecular weight excluding hydrogens is 424 g/mol. The van der Waals surface area contributed by atoms with E-state index >= 15 is 0 Å². The van der Waals surface area contributed by atoms with Crippen LogP contribution in [0.25, 0.3) is 0 Å². The number of halogens is 1. The number of aryl methyl sites for hydroxylation is 1. The van der Waals surface area contributed by atoms with Gasteiger partial charge >= 0.3 is 0 Å². The molecule has 1 aliphatic rings. The van der Waals surface area contributed by atoms with Crippen LogP contribution < -0.4 is 4.72 Å². The molecule has 134 valence electrons. The number of amides is 1. The molecular formula is C17H19BrN2O3S2. The number of rotatable bonds is 4. The Labute approximate surface area is 160 Å². The number of nitrogens with one attached hydrogen (secondary N) is 1. The number of thiophene rings is 1. The SMILES string of the molecule is Cc1cc(NS(=O)(=O)c2cc(C(=O)N3CCCCC3)cs2)ccc1Br. The number of likely N-dealkylation sites (tertiary alicyclic amines) is 1. The number of carbonyl (C=O) groups excluding carboxylic acids is 1. The minimum absolute atomic E-state index is 0.0862. The largest absolute Gasteiger partial charge is 0.339 e. The predicted molar refractivity (Wildman–Crippen MR) is 104 cm³/mol. The first-order chi connectivity index (χ1) is 11.9. The molecule has 2 aromatic rings. The zero-order valence-corrected chi connectivity index (χ0v) is 17.0. The molecule has 2 heterocycles. The minimum atomic E-state index is -3.70. The molecule has 0 unspecified atom stereocenters. The molecule has 3 rings (SSSR count). The Balaban J connectivity index is 1.77. The van der Waals surface area contributed by atoms with Gasteiger partial charge in [0, 0.05) is 28.6 Å². The first-order valence-corrected chi connectivity index (χ1v) is 11.2. The maximum atomic E-state index is 12.6. The zero-order valence-electron chi connectivity index (χ0n) is 13.8. The topological polar surface area (TPSA) is 66.5 Å². The van der Waals surface area contributed by atoms with Gasteiger partial charge in [-0.2, -0.15) is 0 Å². The number of piperidine rings is 1. The smallest absolute Gasteiger partial charge is 0.271 e. The van der Waals surface area contributed by atoms with Crippen molar-refractivity contribution in [2.45, 2.75) is 30.4 Å². The summed E-state index contributed by atoms with van der Waals surface area (Å²) in [6.45, 7) is 3.38. The van der Waals surface area contributed by atoms with Crippen molar-refractivity contribution in [3.05, 3.63) is 45.2 Å². The highest BCUT2D eigenvalue weighted by Gasteiger charge is 2.23. The molecule has 0 bridgehead atoms. The van der Waals surface area contributed by atoms with Crippen molar-refractivity contribution in [2.24, 2.45) is 0 Å². The lowest BCUT2D eigenvalue weighted by molar-refractivity contribution is 0.0725. The van der Waals surface area contributed by atoms with Gasteiger partial charge in [-0.1, -0.05) is 15.9 Å². The van der Waals surface area contributed by atoms with Crippen molar-refractivity contribution < 1.29 is 13.2 Å². The summed E-state index contributed by atoms with van der Waals surface area (Å²) >= 11 is 4.46. The Bertz CT molecular complexity index is 887. The monoisotopic (exact) mass is 442 g/mol. The Hall–Kier alpha value is -1.38. The summed E-state index contributed by atoms with van der Waals surface area (Å²) in [6, 6.07) is 6.72. The Morgan fingerprint density at radius 2 is 1.92 bits per heavy atom. The van der Waals surface area contributed by atoms with Gasteiger partial charge in [-0.25, -0.2) is 8.42 Å². The van der Waals surface area contributed by atoms with Crippen LogP contribution in [0.2, 0.25) is 0 Å². The Morgan fingerprint density at radius 3 is 2.60 bits per heavy atom. The van der Waals surface area contributed by atoms with E-state index < -0.39 is 10.0 Å².